The number of aromatic nitrogens is 2. The van der Waals surface area contributed by atoms with Gasteiger partial charge in [-0.2, -0.15) is 0 Å². The Morgan fingerprint density at radius 2 is 1.86 bits per heavy atom. The lowest BCUT2D eigenvalue weighted by Gasteiger charge is -2.13. The molecule has 0 radical (unpaired) electrons. The Morgan fingerprint density at radius 1 is 1.00 bits per heavy atom. The van der Waals surface area contributed by atoms with Crippen molar-refractivity contribution < 1.29 is 4.79 Å². The molecule has 0 saturated carbocycles. The van der Waals surface area contributed by atoms with E-state index in [9.17, 15) is 4.79 Å². The van der Waals surface area contributed by atoms with Gasteiger partial charge in [0.05, 0.1) is 5.69 Å². The average Bonchev–Trinajstić information content (AvgIpc) is 2.57. The van der Waals surface area contributed by atoms with E-state index in [4.69, 9.17) is 5.73 Å². The smallest absolute Gasteiger partial charge is 0.153 e. The maximum atomic E-state index is 11.2. The number of nitrogens with one attached hydrogen (secondary N) is 1. The van der Waals surface area contributed by atoms with Crippen molar-refractivity contribution >= 4 is 23.5 Å². The van der Waals surface area contributed by atoms with Gasteiger partial charge in [-0.15, -0.1) is 0 Å². The van der Waals surface area contributed by atoms with Gasteiger partial charge in [-0.3, -0.25) is 9.78 Å². The molecule has 108 valence electrons. The molecule has 0 spiro atoms. The van der Waals surface area contributed by atoms with E-state index in [0.717, 1.165) is 23.1 Å². The molecular formula is C17H14N4O. The van der Waals surface area contributed by atoms with Crippen LogP contribution in [-0.2, 0) is 0 Å². The molecule has 0 saturated heterocycles. The summed E-state index contributed by atoms with van der Waals surface area (Å²) in [6.07, 6.45) is 5.76. The highest BCUT2D eigenvalue weighted by atomic mass is 16.1. The number of carbonyl (C=O) groups excluding carboxylic acids is 1. The first kappa shape index (κ1) is 13.8. The monoisotopic (exact) mass is 290 g/mol. The van der Waals surface area contributed by atoms with E-state index in [1.165, 1.54) is 0 Å². The Hall–Kier alpha value is -3.21. The van der Waals surface area contributed by atoms with Gasteiger partial charge in [-0.05, 0) is 24.3 Å². The summed E-state index contributed by atoms with van der Waals surface area (Å²) in [5, 5.41) is 3.21. The molecule has 0 fully saturated rings. The maximum Gasteiger partial charge on any atom is 0.153 e. The molecule has 1 aromatic carbocycles. The first-order chi connectivity index (χ1) is 10.8. The topological polar surface area (TPSA) is 80.9 Å². The summed E-state index contributed by atoms with van der Waals surface area (Å²) in [7, 11) is 0. The first-order valence-corrected chi connectivity index (χ1v) is 6.75. The fourth-order valence-electron chi connectivity index (χ4n) is 2.21. The maximum absolute atomic E-state index is 11.2. The van der Waals surface area contributed by atoms with Gasteiger partial charge in [-0.1, -0.05) is 18.2 Å². The molecule has 2 aromatic heterocycles. The van der Waals surface area contributed by atoms with Crippen molar-refractivity contribution in [3.05, 3.63) is 66.6 Å². The van der Waals surface area contributed by atoms with Crippen molar-refractivity contribution in [2.45, 2.75) is 0 Å². The molecule has 0 atom stereocenters. The van der Waals surface area contributed by atoms with E-state index in [-0.39, 0.29) is 0 Å². The predicted molar refractivity (Wildman–Crippen MR) is 87.0 cm³/mol. The van der Waals surface area contributed by atoms with Crippen molar-refractivity contribution in [3.8, 4) is 11.1 Å². The lowest BCUT2D eigenvalue weighted by molar-refractivity contribution is 0.112. The molecule has 22 heavy (non-hydrogen) atoms. The minimum Gasteiger partial charge on any atom is -0.396 e. The van der Waals surface area contributed by atoms with Crippen LogP contribution < -0.4 is 11.1 Å². The molecule has 0 bridgehead atoms. The second kappa shape index (κ2) is 6.05. The molecule has 0 amide bonds. The van der Waals surface area contributed by atoms with Crippen LogP contribution in [0.3, 0.4) is 0 Å². The Kier molecular flexibility index (Phi) is 3.78. The van der Waals surface area contributed by atoms with Crippen molar-refractivity contribution in [3.63, 3.8) is 0 Å². The van der Waals surface area contributed by atoms with Crippen molar-refractivity contribution in [2.24, 2.45) is 0 Å². The number of nitrogen functional groups attached to an aromatic ring is 1. The zero-order valence-corrected chi connectivity index (χ0v) is 11.7. The van der Waals surface area contributed by atoms with E-state index >= 15 is 0 Å². The van der Waals surface area contributed by atoms with Gasteiger partial charge >= 0.3 is 0 Å². The molecule has 2 heterocycles. The van der Waals surface area contributed by atoms with Crippen LogP contribution in [0.15, 0.2) is 61.1 Å². The van der Waals surface area contributed by atoms with Crippen LogP contribution in [0.5, 0.6) is 0 Å². The van der Waals surface area contributed by atoms with Gasteiger partial charge in [0.25, 0.3) is 0 Å². The Balaban J connectivity index is 2.08. The highest BCUT2D eigenvalue weighted by molar-refractivity contribution is 5.92. The Labute approximate surface area is 127 Å². The summed E-state index contributed by atoms with van der Waals surface area (Å²) < 4.78 is 0. The van der Waals surface area contributed by atoms with Crippen LogP contribution >= 0.6 is 0 Å². The van der Waals surface area contributed by atoms with Gasteiger partial charge in [0, 0.05) is 41.0 Å². The summed E-state index contributed by atoms with van der Waals surface area (Å²) in [5.74, 6) is 0.575. The van der Waals surface area contributed by atoms with Crippen LogP contribution in [0.2, 0.25) is 0 Å². The van der Waals surface area contributed by atoms with Crippen molar-refractivity contribution in [2.75, 3.05) is 11.1 Å². The molecule has 3 aromatic rings. The molecule has 5 heteroatoms. The molecule has 0 aliphatic rings. The minimum atomic E-state index is 0.555. The van der Waals surface area contributed by atoms with Crippen LogP contribution in [0.25, 0.3) is 11.1 Å². The molecule has 5 nitrogen and oxygen atoms in total. The van der Waals surface area contributed by atoms with Gasteiger partial charge in [0.1, 0.15) is 0 Å². The van der Waals surface area contributed by atoms with E-state index in [2.05, 4.69) is 15.3 Å². The number of rotatable bonds is 4. The number of hydrogen-bond donors (Lipinski definition) is 2. The molecule has 0 unspecified atom stereocenters. The zero-order chi connectivity index (χ0) is 15.4. The van der Waals surface area contributed by atoms with E-state index < -0.39 is 0 Å². The fraction of sp³-hybridized carbons (Fsp3) is 0. The summed E-state index contributed by atoms with van der Waals surface area (Å²) in [5.41, 5.74) is 9.49. The fourth-order valence-corrected chi connectivity index (χ4v) is 2.21. The van der Waals surface area contributed by atoms with E-state index in [0.29, 0.717) is 17.1 Å². The summed E-state index contributed by atoms with van der Waals surface area (Å²) >= 11 is 0. The lowest BCUT2D eigenvalue weighted by Crippen LogP contribution is -2.00. The summed E-state index contributed by atoms with van der Waals surface area (Å²) in [6.45, 7) is 0. The third-order valence-corrected chi connectivity index (χ3v) is 3.29. The SMILES string of the molecule is Nc1cccnc1Nc1ccccc1-c1cnccc1C=O. The number of aldehydes is 1. The summed E-state index contributed by atoms with van der Waals surface area (Å²) in [4.78, 5) is 19.6. The average molecular weight is 290 g/mol. The molecular weight excluding hydrogens is 276 g/mol. The minimum absolute atomic E-state index is 0.555. The third kappa shape index (κ3) is 2.64. The molecule has 3 N–H and O–H groups in total. The van der Waals surface area contributed by atoms with Crippen LogP contribution in [-0.4, -0.2) is 16.3 Å². The largest absolute Gasteiger partial charge is 0.396 e. The van der Waals surface area contributed by atoms with Crippen molar-refractivity contribution in [1.29, 1.82) is 0 Å². The van der Waals surface area contributed by atoms with Crippen LogP contribution in [0.1, 0.15) is 10.4 Å². The highest BCUT2D eigenvalue weighted by Gasteiger charge is 2.10. The van der Waals surface area contributed by atoms with Gasteiger partial charge in [0.15, 0.2) is 12.1 Å². The highest BCUT2D eigenvalue weighted by Crippen LogP contribution is 2.32. The van der Waals surface area contributed by atoms with Gasteiger partial charge in [-0.25, -0.2) is 4.98 Å². The van der Waals surface area contributed by atoms with Gasteiger partial charge in [0.2, 0.25) is 0 Å². The molecule has 0 aliphatic heterocycles. The second-order valence-electron chi connectivity index (χ2n) is 4.69. The normalized spacial score (nSPS) is 10.2. The Bertz CT molecular complexity index is 817. The number of para-hydroxylation sites is 1. The Morgan fingerprint density at radius 3 is 2.68 bits per heavy atom. The number of benzene rings is 1. The quantitative estimate of drug-likeness (QED) is 0.721. The first-order valence-electron chi connectivity index (χ1n) is 6.75. The third-order valence-electron chi connectivity index (χ3n) is 3.29. The van der Waals surface area contributed by atoms with E-state index in [1.54, 1.807) is 36.8 Å². The lowest BCUT2D eigenvalue weighted by atomic mass is 10.0. The second-order valence-corrected chi connectivity index (χ2v) is 4.69. The standard InChI is InChI=1S/C17H14N4O/c18-15-5-3-8-20-17(15)21-16-6-2-1-4-13(16)14-10-19-9-7-12(14)11-22/h1-11H,18H2,(H,20,21). The number of nitrogens with two attached hydrogens (primary N) is 1. The predicted octanol–water partition coefficient (Wildman–Crippen LogP) is 3.28. The van der Waals surface area contributed by atoms with Crippen LogP contribution in [0.4, 0.5) is 17.2 Å². The zero-order valence-electron chi connectivity index (χ0n) is 11.7. The number of anilines is 3. The van der Waals surface area contributed by atoms with E-state index in [1.807, 2.05) is 24.3 Å². The number of pyridine rings is 2. The molecule has 0 aliphatic carbocycles. The van der Waals surface area contributed by atoms with Crippen LogP contribution in [0, 0.1) is 0 Å². The number of hydrogen-bond acceptors (Lipinski definition) is 5. The molecule has 3 rings (SSSR count). The summed E-state index contributed by atoms with van der Waals surface area (Å²) in [6, 6.07) is 12.9. The number of nitrogens with zero attached hydrogens (tertiary/aromatic N) is 2. The van der Waals surface area contributed by atoms with Crippen molar-refractivity contribution in [1.82, 2.24) is 9.97 Å². The van der Waals surface area contributed by atoms with Gasteiger partial charge < -0.3 is 11.1 Å². The number of carbonyl (C=O) groups is 1.